The Morgan fingerprint density at radius 1 is 1.33 bits per heavy atom. The van der Waals surface area contributed by atoms with Crippen molar-refractivity contribution >= 4 is 11.4 Å². The van der Waals surface area contributed by atoms with Crippen molar-refractivity contribution in [1.82, 2.24) is 0 Å². The lowest BCUT2D eigenvalue weighted by atomic mass is 9.78. The molecule has 0 aromatic heterocycles. The second-order valence-electron chi connectivity index (χ2n) is 6.94. The van der Waals surface area contributed by atoms with Crippen LogP contribution in [-0.4, -0.2) is 11.5 Å². The Morgan fingerprint density at radius 2 is 2.00 bits per heavy atom. The van der Waals surface area contributed by atoms with Crippen molar-refractivity contribution in [2.45, 2.75) is 52.9 Å². The molecule has 2 rings (SSSR count). The summed E-state index contributed by atoms with van der Waals surface area (Å²) in [5.74, 6) is 0.664. The van der Waals surface area contributed by atoms with Crippen molar-refractivity contribution in [3.05, 3.63) is 33.9 Å². The van der Waals surface area contributed by atoms with E-state index in [-0.39, 0.29) is 10.6 Å². The van der Waals surface area contributed by atoms with Crippen molar-refractivity contribution in [2.75, 3.05) is 11.9 Å². The van der Waals surface area contributed by atoms with Crippen LogP contribution >= 0.6 is 0 Å². The summed E-state index contributed by atoms with van der Waals surface area (Å²) in [4.78, 5) is 10.9. The Kier molecular flexibility index (Phi) is 4.86. The van der Waals surface area contributed by atoms with Crippen LogP contribution in [0.4, 0.5) is 11.4 Å². The lowest BCUT2D eigenvalue weighted by Gasteiger charge is -2.31. The van der Waals surface area contributed by atoms with Crippen LogP contribution in [0.2, 0.25) is 0 Å². The normalized spacial score (nSPS) is 17.1. The maximum absolute atomic E-state index is 11.2. The van der Waals surface area contributed by atoms with Crippen LogP contribution in [0.5, 0.6) is 0 Å². The summed E-state index contributed by atoms with van der Waals surface area (Å²) in [6.45, 7) is 7.33. The van der Waals surface area contributed by atoms with Crippen LogP contribution in [0, 0.1) is 28.4 Å². The fraction of sp³-hybridized carbons (Fsp3) is 0.647. The average molecular weight is 290 g/mol. The van der Waals surface area contributed by atoms with E-state index >= 15 is 0 Å². The van der Waals surface area contributed by atoms with Crippen LogP contribution in [0.25, 0.3) is 0 Å². The Balaban J connectivity index is 2.14. The van der Waals surface area contributed by atoms with Gasteiger partial charge < -0.3 is 5.32 Å². The van der Waals surface area contributed by atoms with E-state index in [9.17, 15) is 10.1 Å². The van der Waals surface area contributed by atoms with Crippen molar-refractivity contribution in [1.29, 1.82) is 0 Å². The van der Waals surface area contributed by atoms with Gasteiger partial charge in [0.15, 0.2) is 0 Å². The van der Waals surface area contributed by atoms with Gasteiger partial charge in [0, 0.05) is 12.6 Å². The summed E-state index contributed by atoms with van der Waals surface area (Å²) < 4.78 is 0. The quantitative estimate of drug-likeness (QED) is 0.597. The monoisotopic (exact) mass is 290 g/mol. The number of aryl methyl sites for hydroxylation is 1. The van der Waals surface area contributed by atoms with E-state index < -0.39 is 0 Å². The molecule has 1 fully saturated rings. The number of hydrogen-bond donors (Lipinski definition) is 1. The highest BCUT2D eigenvalue weighted by Crippen LogP contribution is 2.43. The number of nitro groups is 1. The number of rotatable bonds is 6. The van der Waals surface area contributed by atoms with Crippen LogP contribution in [-0.2, 0) is 0 Å². The molecule has 21 heavy (non-hydrogen) atoms. The number of benzene rings is 1. The maximum Gasteiger partial charge on any atom is 0.292 e. The molecule has 0 aliphatic heterocycles. The number of hydrogen-bond acceptors (Lipinski definition) is 3. The summed E-state index contributed by atoms with van der Waals surface area (Å²) in [5.41, 5.74) is 2.20. The van der Waals surface area contributed by atoms with Gasteiger partial charge >= 0.3 is 0 Å². The highest BCUT2D eigenvalue weighted by molar-refractivity contribution is 5.62. The van der Waals surface area contributed by atoms with E-state index in [1.54, 1.807) is 12.1 Å². The van der Waals surface area contributed by atoms with Gasteiger partial charge in [0.1, 0.15) is 5.69 Å². The summed E-state index contributed by atoms with van der Waals surface area (Å²) in [7, 11) is 0. The third kappa shape index (κ3) is 3.96. The molecule has 0 unspecified atom stereocenters. The van der Waals surface area contributed by atoms with Crippen LogP contribution in [0.3, 0.4) is 0 Å². The molecule has 0 heterocycles. The zero-order chi connectivity index (χ0) is 15.5. The molecule has 1 aliphatic carbocycles. The third-order valence-corrected chi connectivity index (χ3v) is 4.51. The Labute approximate surface area is 127 Å². The number of nitrogens with zero attached hydrogens (tertiary/aromatic N) is 1. The topological polar surface area (TPSA) is 55.2 Å². The van der Waals surface area contributed by atoms with Crippen molar-refractivity contribution in [2.24, 2.45) is 11.3 Å². The fourth-order valence-electron chi connectivity index (χ4n) is 3.68. The van der Waals surface area contributed by atoms with Gasteiger partial charge in [-0.15, -0.1) is 0 Å². The smallest absolute Gasteiger partial charge is 0.292 e. The minimum absolute atomic E-state index is 0.179. The van der Waals surface area contributed by atoms with E-state index in [1.165, 1.54) is 32.1 Å². The van der Waals surface area contributed by atoms with Gasteiger partial charge in [0.05, 0.1) is 4.92 Å². The molecule has 1 aromatic rings. The maximum atomic E-state index is 11.2. The molecule has 0 radical (unpaired) electrons. The molecule has 0 atom stereocenters. The van der Waals surface area contributed by atoms with Gasteiger partial charge in [-0.3, -0.25) is 10.1 Å². The summed E-state index contributed by atoms with van der Waals surface area (Å²) >= 11 is 0. The number of nitrogens with one attached hydrogen (secondary N) is 1. The van der Waals surface area contributed by atoms with E-state index in [1.807, 2.05) is 13.0 Å². The highest BCUT2D eigenvalue weighted by Gasteiger charge is 2.34. The minimum atomic E-state index is -0.300. The molecular weight excluding hydrogens is 264 g/mol. The molecule has 1 aliphatic rings. The van der Waals surface area contributed by atoms with E-state index in [0.29, 0.717) is 17.0 Å². The summed E-state index contributed by atoms with van der Waals surface area (Å²) in [6, 6.07) is 5.28. The Hall–Kier alpha value is -1.58. The first-order valence-corrected chi connectivity index (χ1v) is 7.91. The van der Waals surface area contributed by atoms with Gasteiger partial charge in [-0.1, -0.05) is 32.8 Å². The molecule has 1 saturated carbocycles. The highest BCUT2D eigenvalue weighted by atomic mass is 16.6. The third-order valence-electron chi connectivity index (χ3n) is 4.51. The largest absolute Gasteiger partial charge is 0.379 e. The molecule has 4 nitrogen and oxygen atoms in total. The first-order chi connectivity index (χ1) is 9.92. The van der Waals surface area contributed by atoms with Crippen molar-refractivity contribution < 1.29 is 4.92 Å². The average Bonchev–Trinajstić information content (AvgIpc) is 2.84. The lowest BCUT2D eigenvalue weighted by Crippen LogP contribution is -2.28. The molecular formula is C17H26N2O2. The predicted octanol–water partition coefficient (Wildman–Crippen LogP) is 4.92. The van der Waals surface area contributed by atoms with Crippen molar-refractivity contribution in [3.63, 3.8) is 0 Å². The van der Waals surface area contributed by atoms with Gasteiger partial charge in [-0.05, 0) is 49.1 Å². The molecule has 0 amide bonds. The van der Waals surface area contributed by atoms with Crippen LogP contribution < -0.4 is 5.32 Å². The van der Waals surface area contributed by atoms with Gasteiger partial charge in [-0.25, -0.2) is 0 Å². The SMILES string of the molecule is Cc1ccc([N+](=O)[O-])c(NCC2(CC(C)C)CCCC2)c1. The zero-order valence-corrected chi connectivity index (χ0v) is 13.3. The first-order valence-electron chi connectivity index (χ1n) is 7.91. The van der Waals surface area contributed by atoms with Gasteiger partial charge in [0.25, 0.3) is 5.69 Å². The van der Waals surface area contributed by atoms with Crippen molar-refractivity contribution in [3.8, 4) is 0 Å². The number of anilines is 1. The molecule has 0 spiro atoms. The van der Waals surface area contributed by atoms with Crippen LogP contribution in [0.15, 0.2) is 18.2 Å². The summed E-state index contributed by atoms with van der Waals surface area (Å²) in [6.07, 6.45) is 6.23. The molecule has 4 heteroatoms. The van der Waals surface area contributed by atoms with Gasteiger partial charge in [0.2, 0.25) is 0 Å². The Bertz CT molecular complexity index is 506. The molecule has 116 valence electrons. The zero-order valence-electron chi connectivity index (χ0n) is 13.3. The van der Waals surface area contributed by atoms with E-state index in [4.69, 9.17) is 0 Å². The van der Waals surface area contributed by atoms with E-state index in [0.717, 1.165) is 12.1 Å². The second-order valence-corrected chi connectivity index (χ2v) is 6.94. The van der Waals surface area contributed by atoms with Crippen LogP contribution in [0.1, 0.15) is 51.5 Å². The molecule has 0 bridgehead atoms. The fourth-order valence-corrected chi connectivity index (χ4v) is 3.68. The number of nitro benzene ring substituents is 1. The predicted molar refractivity (Wildman–Crippen MR) is 86.7 cm³/mol. The summed E-state index contributed by atoms with van der Waals surface area (Å²) in [5, 5.41) is 14.5. The lowest BCUT2D eigenvalue weighted by molar-refractivity contribution is -0.384. The standard InChI is InChI=1S/C17H26N2O2/c1-13(2)11-17(8-4-5-9-17)12-18-15-10-14(3)6-7-16(15)19(20)21/h6-7,10,13,18H,4-5,8-9,11-12H2,1-3H3. The first kappa shape index (κ1) is 15.8. The molecule has 1 aromatic carbocycles. The minimum Gasteiger partial charge on any atom is -0.379 e. The van der Waals surface area contributed by atoms with E-state index in [2.05, 4.69) is 19.2 Å². The second kappa shape index (κ2) is 6.46. The molecule has 0 saturated heterocycles. The Morgan fingerprint density at radius 3 is 2.57 bits per heavy atom. The van der Waals surface area contributed by atoms with Gasteiger partial charge in [-0.2, -0.15) is 0 Å². The molecule has 1 N–H and O–H groups in total.